The molecule has 0 fully saturated rings. The summed E-state index contributed by atoms with van der Waals surface area (Å²) in [6, 6.07) is 13.9. The van der Waals surface area contributed by atoms with Crippen molar-refractivity contribution in [3.8, 4) is 23.0 Å². The topological polar surface area (TPSA) is 124 Å². The number of pyridine rings is 1. The number of aromatic nitrogens is 2. The fraction of sp³-hybridized carbons (Fsp3) is 0.125. The molecule has 3 N–H and O–H groups in total. The SMILES string of the molecule is COc1cc2nccc(Oc3ccc(NC(=O)/C(=C/NCc4csc(C)n4)C(=O)Nc4ccc(F)cc4)cc3F)c2cc1OC. The van der Waals surface area contributed by atoms with E-state index in [0.29, 0.717) is 28.2 Å². The van der Waals surface area contributed by atoms with Crippen LogP contribution in [0.25, 0.3) is 10.9 Å². The molecule has 0 saturated heterocycles. The molecule has 2 aromatic heterocycles. The lowest BCUT2D eigenvalue weighted by Crippen LogP contribution is -2.27. The van der Waals surface area contributed by atoms with Gasteiger partial charge in [0.05, 0.1) is 37.0 Å². The smallest absolute Gasteiger partial charge is 0.262 e. The Kier molecular flexibility index (Phi) is 9.49. The number of aryl methyl sites for hydroxylation is 1. The third kappa shape index (κ3) is 7.51. The predicted molar refractivity (Wildman–Crippen MR) is 167 cm³/mol. The molecule has 5 rings (SSSR count). The highest BCUT2D eigenvalue weighted by Crippen LogP contribution is 2.37. The number of hydrogen-bond donors (Lipinski definition) is 3. The van der Waals surface area contributed by atoms with E-state index < -0.39 is 23.4 Å². The van der Waals surface area contributed by atoms with E-state index in [-0.39, 0.29) is 29.2 Å². The second-order valence-electron chi connectivity index (χ2n) is 9.49. The van der Waals surface area contributed by atoms with Crippen molar-refractivity contribution < 1.29 is 32.6 Å². The first-order valence-electron chi connectivity index (χ1n) is 13.4. The highest BCUT2D eigenvalue weighted by molar-refractivity contribution is 7.09. The normalized spacial score (nSPS) is 11.2. The van der Waals surface area contributed by atoms with E-state index in [4.69, 9.17) is 14.2 Å². The number of nitrogens with zero attached hydrogens (tertiary/aromatic N) is 2. The largest absolute Gasteiger partial charge is 0.493 e. The van der Waals surface area contributed by atoms with Gasteiger partial charge in [0.2, 0.25) is 0 Å². The maximum Gasteiger partial charge on any atom is 0.262 e. The van der Waals surface area contributed by atoms with Gasteiger partial charge in [0.15, 0.2) is 23.1 Å². The van der Waals surface area contributed by atoms with Gasteiger partial charge in [-0.15, -0.1) is 11.3 Å². The third-order valence-corrected chi connectivity index (χ3v) is 7.23. The van der Waals surface area contributed by atoms with Crippen molar-refractivity contribution in [1.29, 1.82) is 0 Å². The lowest BCUT2D eigenvalue weighted by molar-refractivity contribution is -0.118. The molecule has 2 heterocycles. The van der Waals surface area contributed by atoms with Crippen LogP contribution in [0.15, 0.2) is 84.0 Å². The Morgan fingerprint density at radius 2 is 1.56 bits per heavy atom. The Morgan fingerprint density at radius 3 is 2.22 bits per heavy atom. The molecule has 3 aromatic carbocycles. The van der Waals surface area contributed by atoms with Crippen molar-refractivity contribution in [2.45, 2.75) is 13.5 Å². The zero-order valence-electron chi connectivity index (χ0n) is 24.3. The first kappa shape index (κ1) is 30.9. The number of fused-ring (bicyclic) bond motifs is 1. The van der Waals surface area contributed by atoms with Gasteiger partial charge in [0, 0.05) is 46.7 Å². The summed E-state index contributed by atoms with van der Waals surface area (Å²) < 4.78 is 45.1. The van der Waals surface area contributed by atoms with Crippen LogP contribution >= 0.6 is 11.3 Å². The monoisotopic (exact) mass is 631 g/mol. The predicted octanol–water partition coefficient (Wildman–Crippen LogP) is 6.34. The number of rotatable bonds is 11. The van der Waals surface area contributed by atoms with Crippen LogP contribution in [0.1, 0.15) is 10.7 Å². The van der Waals surface area contributed by atoms with Crippen LogP contribution in [-0.2, 0) is 16.1 Å². The Hall–Kier alpha value is -5.56. The third-order valence-electron chi connectivity index (χ3n) is 6.40. The summed E-state index contributed by atoms with van der Waals surface area (Å²) in [5.74, 6) is -1.69. The van der Waals surface area contributed by atoms with E-state index in [1.807, 2.05) is 12.3 Å². The van der Waals surface area contributed by atoms with E-state index in [9.17, 15) is 14.0 Å². The van der Waals surface area contributed by atoms with Crippen LogP contribution in [-0.4, -0.2) is 36.0 Å². The van der Waals surface area contributed by atoms with E-state index in [1.165, 1.54) is 74.4 Å². The maximum atomic E-state index is 15.2. The quantitative estimate of drug-likeness (QED) is 0.0877. The fourth-order valence-electron chi connectivity index (χ4n) is 4.23. The summed E-state index contributed by atoms with van der Waals surface area (Å²) in [5, 5.41) is 11.3. The van der Waals surface area contributed by atoms with Gasteiger partial charge in [-0.25, -0.2) is 13.8 Å². The molecule has 0 saturated carbocycles. The molecule has 0 spiro atoms. The lowest BCUT2D eigenvalue weighted by Gasteiger charge is -2.14. The Balaban J connectivity index is 1.34. The number of methoxy groups -OCH3 is 2. The van der Waals surface area contributed by atoms with Crippen LogP contribution in [0.2, 0.25) is 0 Å². The molecule has 13 heteroatoms. The Morgan fingerprint density at radius 1 is 0.867 bits per heavy atom. The van der Waals surface area contributed by atoms with Gasteiger partial charge < -0.3 is 30.2 Å². The Labute approximate surface area is 260 Å². The summed E-state index contributed by atoms with van der Waals surface area (Å²) in [6.07, 6.45) is 2.76. The van der Waals surface area contributed by atoms with Crippen molar-refractivity contribution in [2.75, 3.05) is 24.9 Å². The summed E-state index contributed by atoms with van der Waals surface area (Å²) in [4.78, 5) is 35.0. The molecule has 0 aliphatic carbocycles. The van der Waals surface area contributed by atoms with E-state index in [0.717, 1.165) is 16.8 Å². The van der Waals surface area contributed by atoms with E-state index in [1.54, 1.807) is 18.2 Å². The molecule has 2 amide bonds. The van der Waals surface area contributed by atoms with Crippen molar-refractivity contribution in [3.05, 3.63) is 106 Å². The average molecular weight is 632 g/mol. The summed E-state index contributed by atoms with van der Waals surface area (Å²) in [5.41, 5.74) is 1.32. The van der Waals surface area contributed by atoms with Crippen LogP contribution < -0.4 is 30.2 Å². The minimum absolute atomic E-state index is 0.0754. The van der Waals surface area contributed by atoms with Crippen LogP contribution in [0.3, 0.4) is 0 Å². The second-order valence-corrected chi connectivity index (χ2v) is 10.6. The summed E-state index contributed by atoms with van der Waals surface area (Å²) >= 11 is 1.47. The molecular formula is C32H27F2N5O5S. The molecule has 230 valence electrons. The van der Waals surface area contributed by atoms with Crippen LogP contribution in [0.4, 0.5) is 20.2 Å². The van der Waals surface area contributed by atoms with Crippen molar-refractivity contribution in [2.24, 2.45) is 0 Å². The minimum Gasteiger partial charge on any atom is -0.493 e. The van der Waals surface area contributed by atoms with Gasteiger partial charge in [-0.3, -0.25) is 14.6 Å². The highest BCUT2D eigenvalue weighted by atomic mass is 32.1. The van der Waals surface area contributed by atoms with Gasteiger partial charge in [-0.1, -0.05) is 0 Å². The number of anilines is 2. The van der Waals surface area contributed by atoms with Gasteiger partial charge in [0.1, 0.15) is 17.1 Å². The van der Waals surface area contributed by atoms with Crippen molar-refractivity contribution in [1.82, 2.24) is 15.3 Å². The molecule has 0 unspecified atom stereocenters. The van der Waals surface area contributed by atoms with Crippen molar-refractivity contribution >= 4 is 45.4 Å². The number of nitrogens with one attached hydrogen (secondary N) is 3. The molecule has 0 aliphatic heterocycles. The van der Waals surface area contributed by atoms with E-state index in [2.05, 4.69) is 25.9 Å². The highest BCUT2D eigenvalue weighted by Gasteiger charge is 2.20. The average Bonchev–Trinajstić information content (AvgIpc) is 3.45. The minimum atomic E-state index is -0.814. The maximum absolute atomic E-state index is 15.2. The number of carbonyl (C=O) groups excluding carboxylic acids is 2. The van der Waals surface area contributed by atoms with Gasteiger partial charge in [-0.2, -0.15) is 0 Å². The molecule has 45 heavy (non-hydrogen) atoms. The fourth-order valence-corrected chi connectivity index (χ4v) is 4.84. The molecule has 0 atom stereocenters. The van der Waals surface area contributed by atoms with Gasteiger partial charge >= 0.3 is 0 Å². The number of amides is 2. The van der Waals surface area contributed by atoms with Crippen LogP contribution in [0, 0.1) is 18.6 Å². The van der Waals surface area contributed by atoms with Crippen LogP contribution in [0.5, 0.6) is 23.0 Å². The van der Waals surface area contributed by atoms with Gasteiger partial charge in [0.25, 0.3) is 11.8 Å². The lowest BCUT2D eigenvalue weighted by atomic mass is 10.1. The number of hydrogen-bond acceptors (Lipinski definition) is 9. The number of halogens is 2. The van der Waals surface area contributed by atoms with Gasteiger partial charge in [-0.05, 0) is 55.5 Å². The van der Waals surface area contributed by atoms with Crippen molar-refractivity contribution in [3.63, 3.8) is 0 Å². The molecule has 0 radical (unpaired) electrons. The number of thiazole rings is 1. The molecular weight excluding hydrogens is 604 g/mol. The molecule has 0 aliphatic rings. The standard InChI is InChI=1S/C32H27F2N5O5S/c1-18-37-22(17-45-18)15-35-16-24(31(40)38-20-6-4-19(33)5-7-20)32(41)39-21-8-9-28(25(34)12-21)44-27-10-11-36-26-14-30(43-3)29(42-2)13-23(26)27/h4-14,16-17,35H,15H2,1-3H3,(H,38,40)(H,39,41)/b24-16+. The number of ether oxygens (including phenoxy) is 3. The Bertz CT molecular complexity index is 1900. The summed E-state index contributed by atoms with van der Waals surface area (Å²) in [6.45, 7) is 2.12. The zero-order chi connectivity index (χ0) is 31.9. The second kappa shape index (κ2) is 13.8. The molecule has 10 nitrogen and oxygen atoms in total. The molecule has 5 aromatic rings. The first-order valence-corrected chi connectivity index (χ1v) is 14.3. The molecule has 0 bridgehead atoms. The number of benzene rings is 3. The zero-order valence-corrected chi connectivity index (χ0v) is 25.1. The first-order chi connectivity index (χ1) is 21.7. The summed E-state index contributed by atoms with van der Waals surface area (Å²) in [7, 11) is 3.01. The van der Waals surface area contributed by atoms with E-state index >= 15 is 4.39 Å². The number of carbonyl (C=O) groups is 2.